The van der Waals surface area contributed by atoms with Crippen molar-refractivity contribution >= 4 is 34.3 Å². The summed E-state index contributed by atoms with van der Waals surface area (Å²) >= 11 is 0. The SMILES string of the molecule is C=CC(=O)Nc1cccc2c(CC3CC(O)CN3C(=O)C(NC(=O)C(C)NC)C(C)OC)c[nH]c12. The van der Waals surface area contributed by atoms with Crippen LogP contribution in [0.15, 0.2) is 37.1 Å². The first-order chi connectivity index (χ1) is 16.7. The zero-order valence-electron chi connectivity index (χ0n) is 20.6. The number of hydrogen-bond acceptors (Lipinski definition) is 6. The van der Waals surface area contributed by atoms with Crippen LogP contribution >= 0.6 is 0 Å². The zero-order valence-corrected chi connectivity index (χ0v) is 20.6. The topological polar surface area (TPSA) is 136 Å². The summed E-state index contributed by atoms with van der Waals surface area (Å²) in [5, 5.41) is 19.8. The Balaban J connectivity index is 1.84. The number of hydrogen-bond donors (Lipinski definition) is 5. The lowest BCUT2D eigenvalue weighted by Gasteiger charge is -2.32. The number of benzene rings is 1. The number of H-pyrrole nitrogens is 1. The molecule has 5 unspecified atom stereocenters. The van der Waals surface area contributed by atoms with Crippen molar-refractivity contribution in [3.63, 3.8) is 0 Å². The molecule has 1 aliphatic rings. The molecule has 0 bridgehead atoms. The maximum Gasteiger partial charge on any atom is 0.248 e. The first-order valence-electron chi connectivity index (χ1n) is 11.7. The number of nitrogens with one attached hydrogen (secondary N) is 4. The van der Waals surface area contributed by atoms with Crippen molar-refractivity contribution < 1.29 is 24.2 Å². The maximum absolute atomic E-state index is 13.6. The average Bonchev–Trinajstić information content (AvgIpc) is 3.44. The molecule has 0 spiro atoms. The Labute approximate surface area is 205 Å². The molecular weight excluding hydrogens is 450 g/mol. The van der Waals surface area contributed by atoms with E-state index in [4.69, 9.17) is 4.74 Å². The number of ether oxygens (including phenoxy) is 1. The van der Waals surface area contributed by atoms with E-state index >= 15 is 0 Å². The summed E-state index contributed by atoms with van der Waals surface area (Å²) in [6, 6.07) is 3.95. The molecule has 2 heterocycles. The number of para-hydroxylation sites is 1. The molecule has 5 N–H and O–H groups in total. The second kappa shape index (κ2) is 11.5. The molecule has 0 saturated carbocycles. The number of rotatable bonds is 10. The molecule has 1 fully saturated rings. The normalized spacial score (nSPS) is 20.3. The van der Waals surface area contributed by atoms with Gasteiger partial charge in [-0.2, -0.15) is 0 Å². The Morgan fingerprint density at radius 3 is 2.74 bits per heavy atom. The molecule has 2 aromatic rings. The van der Waals surface area contributed by atoms with E-state index in [0.717, 1.165) is 16.5 Å². The number of carbonyl (C=O) groups is 3. The summed E-state index contributed by atoms with van der Waals surface area (Å²) in [5.74, 6) is -0.912. The van der Waals surface area contributed by atoms with Gasteiger partial charge in [-0.05, 0) is 51.4 Å². The molecule has 35 heavy (non-hydrogen) atoms. The fourth-order valence-corrected chi connectivity index (χ4v) is 4.38. The smallest absolute Gasteiger partial charge is 0.248 e. The highest BCUT2D eigenvalue weighted by Crippen LogP contribution is 2.30. The summed E-state index contributed by atoms with van der Waals surface area (Å²) in [7, 11) is 3.16. The van der Waals surface area contributed by atoms with Crippen molar-refractivity contribution in [1.82, 2.24) is 20.5 Å². The molecule has 190 valence electrons. The van der Waals surface area contributed by atoms with Crippen LogP contribution in [0.1, 0.15) is 25.8 Å². The van der Waals surface area contributed by atoms with Gasteiger partial charge in [-0.3, -0.25) is 14.4 Å². The maximum atomic E-state index is 13.6. The number of carbonyl (C=O) groups excluding carboxylic acids is 3. The summed E-state index contributed by atoms with van der Waals surface area (Å²) < 4.78 is 5.40. The van der Waals surface area contributed by atoms with Crippen LogP contribution in [0.2, 0.25) is 0 Å². The number of β-amino-alcohol motifs (C(OH)–C–C–N with tert-alkyl or cyclic N) is 1. The fraction of sp³-hybridized carbons (Fsp3) is 0.480. The minimum Gasteiger partial charge on any atom is -0.391 e. The molecule has 1 aromatic carbocycles. The molecule has 0 radical (unpaired) electrons. The summed E-state index contributed by atoms with van der Waals surface area (Å²) in [6.45, 7) is 7.10. The van der Waals surface area contributed by atoms with Gasteiger partial charge in [-0.15, -0.1) is 0 Å². The Morgan fingerprint density at radius 1 is 1.34 bits per heavy atom. The van der Waals surface area contributed by atoms with E-state index in [1.165, 1.54) is 13.2 Å². The molecule has 10 heteroatoms. The van der Waals surface area contributed by atoms with Crippen molar-refractivity contribution in [2.24, 2.45) is 0 Å². The minimum atomic E-state index is -0.889. The number of methoxy groups -OCH3 is 1. The van der Waals surface area contributed by atoms with Gasteiger partial charge in [-0.25, -0.2) is 0 Å². The molecule has 1 aliphatic heterocycles. The van der Waals surface area contributed by atoms with E-state index in [9.17, 15) is 19.5 Å². The minimum absolute atomic E-state index is 0.177. The molecule has 1 aromatic heterocycles. The third-order valence-electron chi connectivity index (χ3n) is 6.61. The number of amides is 3. The molecule has 10 nitrogen and oxygen atoms in total. The molecule has 1 saturated heterocycles. The highest BCUT2D eigenvalue weighted by atomic mass is 16.5. The van der Waals surface area contributed by atoms with Crippen LogP contribution in [0.5, 0.6) is 0 Å². The lowest BCUT2D eigenvalue weighted by atomic mass is 10.0. The van der Waals surface area contributed by atoms with Crippen LogP contribution in [-0.2, 0) is 25.5 Å². The molecule has 3 rings (SSSR count). The van der Waals surface area contributed by atoms with Crippen molar-refractivity contribution in [3.8, 4) is 0 Å². The van der Waals surface area contributed by atoms with E-state index in [2.05, 4.69) is 27.5 Å². The predicted molar refractivity (Wildman–Crippen MR) is 134 cm³/mol. The number of aromatic nitrogens is 1. The van der Waals surface area contributed by atoms with Gasteiger partial charge in [0.2, 0.25) is 17.7 Å². The summed E-state index contributed by atoms with van der Waals surface area (Å²) in [5.41, 5.74) is 2.36. The zero-order chi connectivity index (χ0) is 25.7. The summed E-state index contributed by atoms with van der Waals surface area (Å²) in [6.07, 6.45) is 2.75. The van der Waals surface area contributed by atoms with Crippen molar-refractivity contribution in [2.75, 3.05) is 26.0 Å². The highest BCUT2D eigenvalue weighted by Gasteiger charge is 2.40. The van der Waals surface area contributed by atoms with E-state index in [0.29, 0.717) is 18.5 Å². The van der Waals surface area contributed by atoms with E-state index in [1.54, 1.807) is 31.9 Å². The van der Waals surface area contributed by atoms with Crippen LogP contribution in [-0.4, -0.2) is 83.7 Å². The van der Waals surface area contributed by atoms with Crippen LogP contribution in [0.4, 0.5) is 5.69 Å². The number of likely N-dealkylation sites (N-methyl/N-ethyl adjacent to an activating group) is 1. The lowest BCUT2D eigenvalue weighted by Crippen LogP contribution is -2.58. The highest BCUT2D eigenvalue weighted by molar-refractivity contribution is 6.05. The van der Waals surface area contributed by atoms with Crippen LogP contribution < -0.4 is 16.0 Å². The Morgan fingerprint density at radius 2 is 2.09 bits per heavy atom. The molecular formula is C25H35N5O5. The first-order valence-corrected chi connectivity index (χ1v) is 11.7. The standard InChI is InChI=1S/C25H35N5O5/c1-6-21(32)28-20-9-7-8-19-16(12-27-23(19)20)10-17-11-18(31)13-30(17)25(34)22(15(3)35-5)29-24(33)14(2)26-4/h6-9,12,14-15,17-18,22,26-27,31H,1,10-11,13H2,2-5H3,(H,28,32)(H,29,33). The second-order valence-corrected chi connectivity index (χ2v) is 8.91. The Bertz CT molecular complexity index is 1080. The number of aromatic amines is 1. The largest absolute Gasteiger partial charge is 0.391 e. The quantitative estimate of drug-likeness (QED) is 0.318. The average molecular weight is 486 g/mol. The number of aliphatic hydroxyl groups is 1. The van der Waals surface area contributed by atoms with Crippen molar-refractivity contribution in [3.05, 3.63) is 42.6 Å². The third-order valence-corrected chi connectivity index (χ3v) is 6.61. The monoisotopic (exact) mass is 485 g/mol. The van der Waals surface area contributed by atoms with Gasteiger partial charge < -0.3 is 35.7 Å². The van der Waals surface area contributed by atoms with E-state index < -0.39 is 24.3 Å². The van der Waals surface area contributed by atoms with Gasteiger partial charge in [0.1, 0.15) is 6.04 Å². The Kier molecular flexibility index (Phi) is 8.66. The second-order valence-electron chi connectivity index (χ2n) is 8.91. The molecule has 3 amide bonds. The van der Waals surface area contributed by atoms with E-state index in [-0.39, 0.29) is 30.3 Å². The van der Waals surface area contributed by atoms with E-state index in [1.807, 2.05) is 18.3 Å². The molecule has 0 aliphatic carbocycles. The molecule has 5 atom stereocenters. The van der Waals surface area contributed by atoms with Crippen molar-refractivity contribution in [2.45, 2.75) is 57.0 Å². The van der Waals surface area contributed by atoms with Gasteiger partial charge in [0.15, 0.2) is 0 Å². The van der Waals surface area contributed by atoms with Crippen LogP contribution in [0, 0.1) is 0 Å². The number of likely N-dealkylation sites (tertiary alicyclic amines) is 1. The first kappa shape index (κ1) is 26.4. The number of fused-ring (bicyclic) bond motifs is 1. The number of nitrogens with zero attached hydrogens (tertiary/aromatic N) is 1. The Hall–Kier alpha value is -3.21. The van der Waals surface area contributed by atoms with Gasteiger partial charge >= 0.3 is 0 Å². The van der Waals surface area contributed by atoms with Crippen LogP contribution in [0.25, 0.3) is 10.9 Å². The third kappa shape index (κ3) is 5.90. The van der Waals surface area contributed by atoms with Crippen molar-refractivity contribution in [1.29, 1.82) is 0 Å². The van der Waals surface area contributed by atoms with Gasteiger partial charge in [-0.1, -0.05) is 18.7 Å². The van der Waals surface area contributed by atoms with Crippen LogP contribution in [0.3, 0.4) is 0 Å². The predicted octanol–water partition coefficient (Wildman–Crippen LogP) is 0.924. The van der Waals surface area contributed by atoms with Gasteiger partial charge in [0, 0.05) is 31.3 Å². The number of aliphatic hydroxyl groups excluding tert-OH is 1. The lowest BCUT2D eigenvalue weighted by molar-refractivity contribution is -0.141. The number of anilines is 1. The van der Waals surface area contributed by atoms with Gasteiger partial charge in [0.05, 0.1) is 29.5 Å². The fourth-order valence-electron chi connectivity index (χ4n) is 4.38. The van der Waals surface area contributed by atoms with Gasteiger partial charge in [0.25, 0.3) is 0 Å². The summed E-state index contributed by atoms with van der Waals surface area (Å²) in [4.78, 5) is 42.7.